The fraction of sp³-hybridized carbons (Fsp3) is 0.278. The lowest BCUT2D eigenvalue weighted by Crippen LogP contribution is -2.32. The van der Waals surface area contributed by atoms with Gasteiger partial charge < -0.3 is 15.2 Å². The summed E-state index contributed by atoms with van der Waals surface area (Å²) in [4.78, 5) is 11.8. The Balaban J connectivity index is 1.82. The SMILES string of the molecule is CCc1ccccc1OCC(=O)NCC(O)c1ccccc1F. The molecule has 0 heterocycles. The Morgan fingerprint density at radius 2 is 1.91 bits per heavy atom. The largest absolute Gasteiger partial charge is 0.483 e. The Hall–Kier alpha value is -2.40. The highest BCUT2D eigenvalue weighted by Crippen LogP contribution is 2.18. The molecule has 0 saturated heterocycles. The average Bonchev–Trinajstić information content (AvgIpc) is 2.58. The summed E-state index contributed by atoms with van der Waals surface area (Å²) in [6.45, 7) is 1.78. The van der Waals surface area contributed by atoms with Gasteiger partial charge in [0.25, 0.3) is 5.91 Å². The van der Waals surface area contributed by atoms with Crippen molar-refractivity contribution < 1.29 is 19.0 Å². The molecule has 2 N–H and O–H groups in total. The monoisotopic (exact) mass is 317 g/mol. The van der Waals surface area contributed by atoms with E-state index < -0.39 is 11.9 Å². The highest BCUT2D eigenvalue weighted by molar-refractivity contribution is 5.77. The highest BCUT2D eigenvalue weighted by atomic mass is 19.1. The summed E-state index contributed by atoms with van der Waals surface area (Å²) in [5, 5.41) is 12.5. The zero-order valence-electron chi connectivity index (χ0n) is 13.0. The minimum absolute atomic E-state index is 0.0709. The molecule has 0 radical (unpaired) electrons. The molecule has 0 aliphatic carbocycles. The van der Waals surface area contributed by atoms with Crippen molar-refractivity contribution in [1.82, 2.24) is 5.32 Å². The van der Waals surface area contributed by atoms with Crippen molar-refractivity contribution in [3.63, 3.8) is 0 Å². The van der Waals surface area contributed by atoms with E-state index in [9.17, 15) is 14.3 Å². The number of amides is 1. The van der Waals surface area contributed by atoms with Crippen LogP contribution in [0.3, 0.4) is 0 Å². The second-order valence-corrected chi connectivity index (χ2v) is 5.09. The Bertz CT molecular complexity index is 660. The zero-order valence-corrected chi connectivity index (χ0v) is 13.0. The fourth-order valence-corrected chi connectivity index (χ4v) is 2.20. The maximum absolute atomic E-state index is 13.5. The van der Waals surface area contributed by atoms with Crippen LogP contribution in [0.15, 0.2) is 48.5 Å². The molecule has 1 atom stereocenters. The van der Waals surface area contributed by atoms with E-state index in [1.807, 2.05) is 25.1 Å². The third-order valence-electron chi connectivity index (χ3n) is 3.47. The number of benzene rings is 2. The standard InChI is InChI=1S/C18H20FNO3/c1-2-13-7-3-6-10-17(13)23-12-18(22)20-11-16(21)14-8-4-5-9-15(14)19/h3-10,16,21H,2,11-12H2,1H3,(H,20,22). The first kappa shape index (κ1) is 17.0. The molecule has 0 saturated carbocycles. The summed E-state index contributed by atoms with van der Waals surface area (Å²) < 4.78 is 19.0. The number of ether oxygens (including phenoxy) is 1. The third-order valence-corrected chi connectivity index (χ3v) is 3.47. The minimum atomic E-state index is -1.09. The van der Waals surface area contributed by atoms with Gasteiger partial charge in [-0.1, -0.05) is 43.3 Å². The van der Waals surface area contributed by atoms with E-state index in [-0.39, 0.29) is 24.6 Å². The number of aryl methyl sites for hydroxylation is 1. The van der Waals surface area contributed by atoms with Gasteiger partial charge in [0, 0.05) is 12.1 Å². The molecule has 0 aliphatic rings. The molecular formula is C18H20FNO3. The number of carbonyl (C=O) groups excluding carboxylic acids is 1. The van der Waals surface area contributed by atoms with Gasteiger partial charge in [0.05, 0.1) is 6.10 Å². The maximum Gasteiger partial charge on any atom is 0.258 e. The predicted octanol–water partition coefficient (Wildman–Crippen LogP) is 2.62. The van der Waals surface area contributed by atoms with Crippen molar-refractivity contribution >= 4 is 5.91 Å². The number of para-hydroxylation sites is 1. The molecule has 122 valence electrons. The van der Waals surface area contributed by atoms with E-state index in [1.165, 1.54) is 12.1 Å². The summed E-state index contributed by atoms with van der Waals surface area (Å²) >= 11 is 0. The van der Waals surface area contributed by atoms with Crippen molar-refractivity contribution in [1.29, 1.82) is 0 Å². The molecule has 2 aromatic rings. The number of aliphatic hydroxyl groups is 1. The van der Waals surface area contributed by atoms with Gasteiger partial charge in [-0.3, -0.25) is 4.79 Å². The van der Waals surface area contributed by atoms with Gasteiger partial charge in [-0.05, 0) is 24.1 Å². The second kappa shape index (κ2) is 8.29. The molecule has 4 nitrogen and oxygen atoms in total. The van der Waals surface area contributed by atoms with Crippen LogP contribution >= 0.6 is 0 Å². The molecule has 2 aromatic carbocycles. The van der Waals surface area contributed by atoms with E-state index in [1.54, 1.807) is 18.2 Å². The van der Waals surface area contributed by atoms with Crippen molar-refractivity contribution in [3.05, 3.63) is 65.5 Å². The van der Waals surface area contributed by atoms with Crippen molar-refractivity contribution in [2.24, 2.45) is 0 Å². The van der Waals surface area contributed by atoms with Crippen LogP contribution in [0.25, 0.3) is 0 Å². The molecule has 23 heavy (non-hydrogen) atoms. The molecule has 5 heteroatoms. The summed E-state index contributed by atoms with van der Waals surface area (Å²) in [5.41, 5.74) is 1.18. The van der Waals surface area contributed by atoms with Crippen LogP contribution in [0.1, 0.15) is 24.2 Å². The Morgan fingerprint density at radius 1 is 1.22 bits per heavy atom. The molecular weight excluding hydrogens is 297 g/mol. The quantitative estimate of drug-likeness (QED) is 0.825. The van der Waals surface area contributed by atoms with Crippen LogP contribution in [0.5, 0.6) is 5.75 Å². The molecule has 0 aliphatic heterocycles. The normalized spacial score (nSPS) is 11.8. The van der Waals surface area contributed by atoms with Gasteiger partial charge in [0.1, 0.15) is 11.6 Å². The van der Waals surface area contributed by atoms with Crippen molar-refractivity contribution in [2.75, 3.05) is 13.2 Å². The molecule has 1 amide bonds. The van der Waals surface area contributed by atoms with Gasteiger partial charge in [-0.25, -0.2) is 4.39 Å². The van der Waals surface area contributed by atoms with E-state index in [2.05, 4.69) is 5.32 Å². The number of hydrogen-bond acceptors (Lipinski definition) is 3. The minimum Gasteiger partial charge on any atom is -0.483 e. The zero-order chi connectivity index (χ0) is 16.7. The van der Waals surface area contributed by atoms with Crippen molar-refractivity contribution in [2.45, 2.75) is 19.4 Å². The van der Waals surface area contributed by atoms with Crippen molar-refractivity contribution in [3.8, 4) is 5.75 Å². The molecule has 0 bridgehead atoms. The Labute approximate surface area is 134 Å². The smallest absolute Gasteiger partial charge is 0.258 e. The van der Waals surface area contributed by atoms with Crippen LogP contribution in [-0.4, -0.2) is 24.2 Å². The van der Waals surface area contributed by atoms with Crippen LogP contribution in [0.4, 0.5) is 4.39 Å². The molecule has 0 fully saturated rings. The second-order valence-electron chi connectivity index (χ2n) is 5.09. The predicted molar refractivity (Wildman–Crippen MR) is 85.7 cm³/mol. The maximum atomic E-state index is 13.5. The van der Waals surface area contributed by atoms with Crippen LogP contribution in [-0.2, 0) is 11.2 Å². The Kier molecular flexibility index (Phi) is 6.11. The number of halogens is 1. The van der Waals surface area contributed by atoms with E-state index in [0.29, 0.717) is 5.75 Å². The third kappa shape index (κ3) is 4.79. The van der Waals surface area contributed by atoms with E-state index in [0.717, 1.165) is 12.0 Å². The fourth-order valence-electron chi connectivity index (χ4n) is 2.20. The number of hydrogen-bond donors (Lipinski definition) is 2. The number of aliphatic hydroxyl groups excluding tert-OH is 1. The lowest BCUT2D eigenvalue weighted by Gasteiger charge is -2.14. The summed E-state index contributed by atoms with van der Waals surface area (Å²) in [6.07, 6.45) is -0.285. The van der Waals surface area contributed by atoms with Crippen LogP contribution in [0.2, 0.25) is 0 Å². The first-order valence-corrected chi connectivity index (χ1v) is 7.51. The molecule has 1 unspecified atom stereocenters. The number of rotatable bonds is 7. The summed E-state index contributed by atoms with van der Waals surface area (Å²) in [5.74, 6) is -0.200. The van der Waals surface area contributed by atoms with E-state index in [4.69, 9.17) is 4.74 Å². The molecule has 0 aromatic heterocycles. The van der Waals surface area contributed by atoms with Gasteiger partial charge in [-0.2, -0.15) is 0 Å². The first-order valence-electron chi connectivity index (χ1n) is 7.51. The summed E-state index contributed by atoms with van der Waals surface area (Å²) in [7, 11) is 0. The topological polar surface area (TPSA) is 58.6 Å². The Morgan fingerprint density at radius 3 is 2.65 bits per heavy atom. The lowest BCUT2D eigenvalue weighted by atomic mass is 10.1. The average molecular weight is 317 g/mol. The summed E-state index contributed by atoms with van der Waals surface area (Å²) in [6, 6.07) is 13.4. The molecule has 0 spiro atoms. The van der Waals surface area contributed by atoms with Gasteiger partial charge in [0.2, 0.25) is 0 Å². The highest BCUT2D eigenvalue weighted by Gasteiger charge is 2.13. The van der Waals surface area contributed by atoms with Crippen LogP contribution in [0, 0.1) is 5.82 Å². The van der Waals surface area contributed by atoms with Crippen LogP contribution < -0.4 is 10.1 Å². The first-order chi connectivity index (χ1) is 11.1. The number of nitrogens with one attached hydrogen (secondary N) is 1. The van der Waals surface area contributed by atoms with E-state index >= 15 is 0 Å². The van der Waals surface area contributed by atoms with Gasteiger partial charge in [-0.15, -0.1) is 0 Å². The lowest BCUT2D eigenvalue weighted by molar-refractivity contribution is -0.123. The molecule has 2 rings (SSSR count). The van der Waals surface area contributed by atoms with Gasteiger partial charge in [0.15, 0.2) is 6.61 Å². The van der Waals surface area contributed by atoms with Gasteiger partial charge >= 0.3 is 0 Å². The number of carbonyl (C=O) groups is 1.